The van der Waals surface area contributed by atoms with Crippen LogP contribution in [0.5, 0.6) is 11.5 Å². The molecule has 1 aromatic heterocycles. The van der Waals surface area contributed by atoms with Gasteiger partial charge >= 0.3 is 0 Å². The van der Waals surface area contributed by atoms with Gasteiger partial charge in [-0.2, -0.15) is 5.10 Å². The fourth-order valence-electron chi connectivity index (χ4n) is 2.59. The molecule has 0 saturated heterocycles. The first-order chi connectivity index (χ1) is 11.8. The number of hydrogen-bond donors (Lipinski definition) is 2. The number of carbonyl (C=O) groups is 1. The fraction of sp³-hybridized carbons (Fsp3) is 0.111. The van der Waals surface area contributed by atoms with Crippen molar-refractivity contribution in [1.29, 1.82) is 0 Å². The number of rotatable bonds is 3. The molecule has 0 bridgehead atoms. The lowest BCUT2D eigenvalue weighted by atomic mass is 10.2. The van der Waals surface area contributed by atoms with Crippen LogP contribution in [0.25, 0.3) is 10.9 Å². The summed E-state index contributed by atoms with van der Waals surface area (Å²) in [6, 6.07) is 15.1. The van der Waals surface area contributed by atoms with Gasteiger partial charge in [0.1, 0.15) is 6.61 Å². The first-order valence-electron chi connectivity index (χ1n) is 7.59. The van der Waals surface area contributed by atoms with E-state index in [4.69, 9.17) is 9.47 Å². The van der Waals surface area contributed by atoms with E-state index in [9.17, 15) is 4.79 Å². The molecular weight excluding hydrogens is 306 g/mol. The van der Waals surface area contributed by atoms with Crippen molar-refractivity contribution in [2.24, 2.45) is 5.10 Å². The first-order valence-corrected chi connectivity index (χ1v) is 7.59. The Hall–Kier alpha value is -3.28. The Morgan fingerprint density at radius 2 is 1.96 bits per heavy atom. The molecule has 6 heteroatoms. The van der Waals surface area contributed by atoms with Crippen molar-refractivity contribution in [3.05, 3.63) is 60.3 Å². The molecule has 1 atom stereocenters. The number of nitrogens with one attached hydrogen (secondary N) is 2. The fourth-order valence-corrected chi connectivity index (χ4v) is 2.59. The number of aromatic nitrogens is 1. The maximum absolute atomic E-state index is 12.2. The molecule has 0 fully saturated rings. The molecule has 0 unspecified atom stereocenters. The lowest BCUT2D eigenvalue weighted by molar-refractivity contribution is -0.130. The quantitative estimate of drug-likeness (QED) is 0.575. The van der Waals surface area contributed by atoms with Crippen LogP contribution in [0.4, 0.5) is 0 Å². The zero-order chi connectivity index (χ0) is 16.4. The van der Waals surface area contributed by atoms with Gasteiger partial charge in [-0.05, 0) is 18.2 Å². The Balaban J connectivity index is 1.42. The zero-order valence-electron chi connectivity index (χ0n) is 12.7. The Morgan fingerprint density at radius 1 is 1.17 bits per heavy atom. The highest BCUT2D eigenvalue weighted by atomic mass is 16.6. The third kappa shape index (κ3) is 2.69. The highest BCUT2D eigenvalue weighted by Crippen LogP contribution is 2.30. The highest BCUT2D eigenvalue weighted by Gasteiger charge is 2.26. The monoisotopic (exact) mass is 321 g/mol. The van der Waals surface area contributed by atoms with Gasteiger partial charge in [-0.3, -0.25) is 4.79 Å². The molecule has 0 saturated carbocycles. The molecule has 3 aromatic rings. The molecule has 2 N–H and O–H groups in total. The van der Waals surface area contributed by atoms with Gasteiger partial charge in [-0.1, -0.05) is 30.3 Å². The molecule has 1 amide bonds. The molecule has 2 aromatic carbocycles. The van der Waals surface area contributed by atoms with Gasteiger partial charge in [-0.15, -0.1) is 0 Å². The number of aromatic amines is 1. The summed E-state index contributed by atoms with van der Waals surface area (Å²) in [5.74, 6) is 0.856. The molecule has 6 nitrogen and oxygen atoms in total. The van der Waals surface area contributed by atoms with E-state index in [0.29, 0.717) is 11.5 Å². The highest BCUT2D eigenvalue weighted by molar-refractivity contribution is 5.99. The molecule has 0 aliphatic carbocycles. The third-order valence-corrected chi connectivity index (χ3v) is 3.80. The minimum Gasteiger partial charge on any atom is -0.485 e. The van der Waals surface area contributed by atoms with E-state index in [1.807, 2.05) is 42.6 Å². The van der Waals surface area contributed by atoms with Crippen molar-refractivity contribution < 1.29 is 14.3 Å². The molecule has 1 aliphatic rings. The van der Waals surface area contributed by atoms with Crippen molar-refractivity contribution in [2.45, 2.75) is 6.10 Å². The number of benzene rings is 2. The number of para-hydroxylation sites is 3. The topological polar surface area (TPSA) is 75.7 Å². The summed E-state index contributed by atoms with van der Waals surface area (Å²) in [7, 11) is 0. The van der Waals surface area contributed by atoms with Gasteiger partial charge in [0.25, 0.3) is 5.91 Å². The SMILES string of the molecule is O=C(N/N=C\c1c[nH]c2ccccc12)[C@@H]1COc2ccccc2O1. The van der Waals surface area contributed by atoms with Gasteiger partial charge in [0.15, 0.2) is 11.5 Å². The molecule has 0 radical (unpaired) electrons. The number of ether oxygens (including phenoxy) is 2. The van der Waals surface area contributed by atoms with E-state index in [-0.39, 0.29) is 12.5 Å². The Labute approximate surface area is 138 Å². The van der Waals surface area contributed by atoms with Crippen molar-refractivity contribution >= 4 is 23.0 Å². The van der Waals surface area contributed by atoms with E-state index in [1.165, 1.54) is 0 Å². The largest absolute Gasteiger partial charge is 0.485 e. The lowest BCUT2D eigenvalue weighted by Crippen LogP contribution is -2.42. The standard InChI is InChI=1S/C18H15N3O3/c22-18(17-11-23-15-7-3-4-8-16(15)24-17)21-20-10-12-9-19-14-6-2-1-5-13(12)14/h1-10,17,19H,11H2,(H,21,22)/b20-10-/t17-/m0/s1. The van der Waals surface area contributed by atoms with Crippen molar-refractivity contribution in [3.63, 3.8) is 0 Å². The smallest absolute Gasteiger partial charge is 0.284 e. The maximum atomic E-state index is 12.2. The number of nitrogens with zero attached hydrogens (tertiary/aromatic N) is 1. The number of amides is 1. The first kappa shape index (κ1) is 14.3. The second-order valence-corrected chi connectivity index (χ2v) is 5.39. The summed E-state index contributed by atoms with van der Waals surface area (Å²) in [5, 5.41) is 5.06. The van der Waals surface area contributed by atoms with Gasteiger partial charge < -0.3 is 14.5 Å². The second kappa shape index (κ2) is 6.08. The molecule has 1 aliphatic heterocycles. The molecule has 0 spiro atoms. The summed E-state index contributed by atoms with van der Waals surface area (Å²) >= 11 is 0. The summed E-state index contributed by atoms with van der Waals surface area (Å²) in [5.41, 5.74) is 4.42. The van der Waals surface area contributed by atoms with Crippen LogP contribution in [0.1, 0.15) is 5.56 Å². The molecule has 2 heterocycles. The number of hydrazone groups is 1. The maximum Gasteiger partial charge on any atom is 0.284 e. The minimum atomic E-state index is -0.722. The second-order valence-electron chi connectivity index (χ2n) is 5.39. The van der Waals surface area contributed by atoms with Crippen LogP contribution in [0.3, 0.4) is 0 Å². The van der Waals surface area contributed by atoms with Gasteiger partial charge in [-0.25, -0.2) is 5.43 Å². The number of carbonyl (C=O) groups excluding carboxylic acids is 1. The van der Waals surface area contributed by atoms with Crippen LogP contribution in [0.15, 0.2) is 59.8 Å². The van der Waals surface area contributed by atoms with Crippen LogP contribution in [0.2, 0.25) is 0 Å². The van der Waals surface area contributed by atoms with E-state index >= 15 is 0 Å². The van der Waals surface area contributed by atoms with Crippen LogP contribution < -0.4 is 14.9 Å². The van der Waals surface area contributed by atoms with E-state index < -0.39 is 6.10 Å². The van der Waals surface area contributed by atoms with Gasteiger partial charge in [0.2, 0.25) is 6.10 Å². The Bertz CT molecular complexity index is 917. The molecule has 4 rings (SSSR count). The third-order valence-electron chi connectivity index (χ3n) is 3.80. The number of hydrogen-bond acceptors (Lipinski definition) is 4. The Kier molecular flexibility index (Phi) is 3.63. The van der Waals surface area contributed by atoms with Crippen LogP contribution in [0, 0.1) is 0 Å². The van der Waals surface area contributed by atoms with Crippen molar-refractivity contribution in [1.82, 2.24) is 10.4 Å². The van der Waals surface area contributed by atoms with Gasteiger partial charge in [0, 0.05) is 22.7 Å². The van der Waals surface area contributed by atoms with Crippen molar-refractivity contribution in [2.75, 3.05) is 6.61 Å². The van der Waals surface area contributed by atoms with E-state index in [1.54, 1.807) is 18.3 Å². The predicted octanol–water partition coefficient (Wildman–Crippen LogP) is 2.46. The number of fused-ring (bicyclic) bond motifs is 2. The van der Waals surface area contributed by atoms with Crippen molar-refractivity contribution in [3.8, 4) is 11.5 Å². The zero-order valence-corrected chi connectivity index (χ0v) is 12.7. The summed E-state index contributed by atoms with van der Waals surface area (Å²) in [6.07, 6.45) is 2.73. The van der Waals surface area contributed by atoms with E-state index in [0.717, 1.165) is 16.5 Å². The minimum absolute atomic E-state index is 0.158. The van der Waals surface area contributed by atoms with E-state index in [2.05, 4.69) is 15.5 Å². The van der Waals surface area contributed by atoms with Crippen LogP contribution in [-0.4, -0.2) is 29.8 Å². The molecular formula is C18H15N3O3. The number of H-pyrrole nitrogens is 1. The lowest BCUT2D eigenvalue weighted by Gasteiger charge is -2.24. The summed E-state index contributed by atoms with van der Waals surface area (Å²) < 4.78 is 11.2. The Morgan fingerprint density at radius 3 is 2.88 bits per heavy atom. The molecule has 120 valence electrons. The average Bonchev–Trinajstić information content (AvgIpc) is 3.04. The average molecular weight is 321 g/mol. The van der Waals surface area contributed by atoms with Gasteiger partial charge in [0.05, 0.1) is 6.21 Å². The van der Waals surface area contributed by atoms with Crippen LogP contribution in [-0.2, 0) is 4.79 Å². The predicted molar refractivity (Wildman–Crippen MR) is 90.4 cm³/mol. The summed E-state index contributed by atoms with van der Waals surface area (Å²) in [6.45, 7) is 0.158. The van der Waals surface area contributed by atoms with Crippen LogP contribution >= 0.6 is 0 Å². The summed E-state index contributed by atoms with van der Waals surface area (Å²) in [4.78, 5) is 15.3. The molecule has 24 heavy (non-hydrogen) atoms. The normalized spacial score (nSPS) is 16.4.